The fraction of sp³-hybridized carbons (Fsp3) is 0.222. The van der Waals surface area contributed by atoms with Gasteiger partial charge in [0.15, 0.2) is 11.5 Å². The summed E-state index contributed by atoms with van der Waals surface area (Å²) in [6.07, 6.45) is 3.14. The lowest BCUT2D eigenvalue weighted by Crippen LogP contribution is -2.06. The monoisotopic (exact) mass is 281 g/mol. The van der Waals surface area contributed by atoms with Crippen LogP contribution in [0.5, 0.6) is 11.5 Å². The molecule has 0 bridgehead atoms. The zero-order chi connectivity index (χ0) is 14.7. The summed E-state index contributed by atoms with van der Waals surface area (Å²) in [5, 5.41) is 13.2. The van der Waals surface area contributed by atoms with Gasteiger partial charge in [-0.1, -0.05) is 42.5 Å². The van der Waals surface area contributed by atoms with Crippen molar-refractivity contribution >= 4 is 5.57 Å². The molecule has 3 rings (SSSR count). The predicted molar refractivity (Wildman–Crippen MR) is 84.5 cm³/mol. The number of phenols is 1. The van der Waals surface area contributed by atoms with E-state index in [0.29, 0.717) is 12.4 Å². The Bertz CT molecular complexity index is 677. The van der Waals surface area contributed by atoms with Crippen LogP contribution in [0.3, 0.4) is 0 Å². The van der Waals surface area contributed by atoms with Crippen LogP contribution in [0.15, 0.2) is 48.5 Å². The van der Waals surface area contributed by atoms with Crippen molar-refractivity contribution < 1.29 is 9.84 Å². The van der Waals surface area contributed by atoms with Crippen molar-refractivity contribution in [1.82, 2.24) is 5.32 Å². The number of fused-ring (bicyclic) bond motifs is 2. The fourth-order valence-electron chi connectivity index (χ4n) is 2.67. The summed E-state index contributed by atoms with van der Waals surface area (Å²) >= 11 is 0. The Balaban J connectivity index is 2.15. The molecule has 0 amide bonds. The second-order valence-electron chi connectivity index (χ2n) is 5.11. The number of hydrogen-bond acceptors (Lipinski definition) is 3. The SMILES string of the molecule is CNCC/C=C1\c2ccccc2COc2c(O)cccc21. The molecule has 0 saturated carbocycles. The van der Waals surface area contributed by atoms with E-state index in [1.165, 1.54) is 5.56 Å². The summed E-state index contributed by atoms with van der Waals surface area (Å²) in [6, 6.07) is 13.8. The fourth-order valence-corrected chi connectivity index (χ4v) is 2.67. The van der Waals surface area contributed by atoms with Gasteiger partial charge in [0.2, 0.25) is 0 Å². The maximum atomic E-state index is 10.1. The van der Waals surface area contributed by atoms with Gasteiger partial charge in [0.1, 0.15) is 6.61 Å². The number of phenolic OH excluding ortho intramolecular Hbond substituents is 1. The molecule has 0 saturated heterocycles. The van der Waals surface area contributed by atoms with Crippen molar-refractivity contribution in [2.45, 2.75) is 13.0 Å². The molecule has 2 N–H and O–H groups in total. The second kappa shape index (κ2) is 6.02. The van der Waals surface area contributed by atoms with E-state index in [-0.39, 0.29) is 5.75 Å². The zero-order valence-electron chi connectivity index (χ0n) is 12.1. The van der Waals surface area contributed by atoms with Crippen molar-refractivity contribution in [1.29, 1.82) is 0 Å². The average Bonchev–Trinajstić information content (AvgIpc) is 2.66. The Hall–Kier alpha value is -2.26. The first kappa shape index (κ1) is 13.7. The van der Waals surface area contributed by atoms with Gasteiger partial charge in [0, 0.05) is 5.56 Å². The van der Waals surface area contributed by atoms with Crippen molar-refractivity contribution in [3.63, 3.8) is 0 Å². The van der Waals surface area contributed by atoms with E-state index in [9.17, 15) is 5.11 Å². The lowest BCUT2D eigenvalue weighted by atomic mass is 9.93. The molecule has 0 spiro atoms. The first-order valence-electron chi connectivity index (χ1n) is 7.19. The van der Waals surface area contributed by atoms with Gasteiger partial charge in [-0.25, -0.2) is 0 Å². The van der Waals surface area contributed by atoms with Gasteiger partial charge in [-0.2, -0.15) is 0 Å². The van der Waals surface area contributed by atoms with E-state index in [1.807, 2.05) is 31.3 Å². The molecule has 2 aromatic rings. The molecule has 2 aromatic carbocycles. The van der Waals surface area contributed by atoms with Crippen molar-refractivity contribution in [2.75, 3.05) is 13.6 Å². The summed E-state index contributed by atoms with van der Waals surface area (Å²) in [6.45, 7) is 1.39. The Kier molecular flexibility index (Phi) is 3.93. The van der Waals surface area contributed by atoms with Crippen molar-refractivity contribution in [3.05, 3.63) is 65.2 Å². The molecule has 3 heteroatoms. The molecule has 0 fully saturated rings. The van der Waals surface area contributed by atoms with Crippen LogP contribution in [-0.2, 0) is 6.61 Å². The van der Waals surface area contributed by atoms with Gasteiger partial charge in [-0.05, 0) is 42.8 Å². The van der Waals surface area contributed by atoms with Crippen molar-refractivity contribution in [2.24, 2.45) is 0 Å². The smallest absolute Gasteiger partial charge is 0.169 e. The molecule has 0 unspecified atom stereocenters. The minimum absolute atomic E-state index is 0.194. The molecule has 108 valence electrons. The lowest BCUT2D eigenvalue weighted by Gasteiger charge is -2.11. The van der Waals surface area contributed by atoms with Gasteiger partial charge in [-0.15, -0.1) is 0 Å². The Morgan fingerprint density at radius 3 is 2.81 bits per heavy atom. The maximum Gasteiger partial charge on any atom is 0.169 e. The molecule has 0 aliphatic carbocycles. The number of aromatic hydroxyl groups is 1. The lowest BCUT2D eigenvalue weighted by molar-refractivity contribution is 0.290. The second-order valence-corrected chi connectivity index (χ2v) is 5.11. The first-order chi connectivity index (χ1) is 10.3. The minimum atomic E-state index is 0.194. The predicted octanol–water partition coefficient (Wildman–Crippen LogP) is 3.33. The van der Waals surface area contributed by atoms with E-state index in [0.717, 1.165) is 29.7 Å². The normalized spacial score (nSPS) is 15.0. The zero-order valence-corrected chi connectivity index (χ0v) is 12.1. The third-order valence-corrected chi connectivity index (χ3v) is 3.71. The third kappa shape index (κ3) is 2.65. The number of benzene rings is 2. The molecule has 1 heterocycles. The van der Waals surface area contributed by atoms with Crippen molar-refractivity contribution in [3.8, 4) is 11.5 Å². The van der Waals surface area contributed by atoms with Crippen LogP contribution >= 0.6 is 0 Å². The van der Waals surface area contributed by atoms with Gasteiger partial charge in [0.05, 0.1) is 0 Å². The average molecular weight is 281 g/mol. The number of ether oxygens (including phenoxy) is 1. The highest BCUT2D eigenvalue weighted by molar-refractivity contribution is 5.86. The third-order valence-electron chi connectivity index (χ3n) is 3.71. The highest BCUT2D eigenvalue weighted by Gasteiger charge is 2.20. The highest BCUT2D eigenvalue weighted by atomic mass is 16.5. The van der Waals surface area contributed by atoms with Crippen LogP contribution in [0.1, 0.15) is 23.1 Å². The van der Waals surface area contributed by atoms with E-state index < -0.39 is 0 Å². The molecule has 0 radical (unpaired) electrons. The molecule has 1 aliphatic heterocycles. The molecule has 0 aromatic heterocycles. The van der Waals surface area contributed by atoms with E-state index in [1.54, 1.807) is 6.07 Å². The molecule has 21 heavy (non-hydrogen) atoms. The van der Waals surface area contributed by atoms with E-state index >= 15 is 0 Å². The molecule has 1 aliphatic rings. The van der Waals surface area contributed by atoms with Crippen LogP contribution in [0, 0.1) is 0 Å². The first-order valence-corrected chi connectivity index (χ1v) is 7.19. The molecular formula is C18H19NO2. The van der Waals surface area contributed by atoms with Gasteiger partial charge < -0.3 is 15.2 Å². The Morgan fingerprint density at radius 2 is 1.95 bits per heavy atom. The summed E-state index contributed by atoms with van der Waals surface area (Å²) in [5.74, 6) is 0.768. The topological polar surface area (TPSA) is 41.5 Å². The Labute approximate surface area is 124 Å². The van der Waals surface area contributed by atoms with E-state index in [2.05, 4.69) is 23.5 Å². The van der Waals surface area contributed by atoms with Crippen LogP contribution in [-0.4, -0.2) is 18.7 Å². The minimum Gasteiger partial charge on any atom is -0.504 e. The maximum absolute atomic E-state index is 10.1. The summed E-state index contributed by atoms with van der Waals surface area (Å²) in [4.78, 5) is 0. The van der Waals surface area contributed by atoms with Crippen LogP contribution < -0.4 is 10.1 Å². The number of para-hydroxylation sites is 1. The summed E-state index contributed by atoms with van der Waals surface area (Å²) < 4.78 is 5.84. The standard InChI is InChI=1S/C18H19NO2/c1-19-11-5-9-15-14-7-3-2-6-13(14)12-21-18-16(15)8-4-10-17(18)20/h2-4,6-10,19-20H,5,11-12H2,1H3/b15-9+. The van der Waals surface area contributed by atoms with Gasteiger partial charge in [0.25, 0.3) is 0 Å². The van der Waals surface area contributed by atoms with Crippen LogP contribution in [0.25, 0.3) is 5.57 Å². The largest absolute Gasteiger partial charge is 0.504 e. The van der Waals surface area contributed by atoms with Crippen LogP contribution in [0.4, 0.5) is 0 Å². The number of rotatable bonds is 3. The van der Waals surface area contributed by atoms with Gasteiger partial charge >= 0.3 is 0 Å². The molecule has 3 nitrogen and oxygen atoms in total. The summed E-state index contributed by atoms with van der Waals surface area (Å²) in [7, 11) is 1.95. The van der Waals surface area contributed by atoms with Gasteiger partial charge in [-0.3, -0.25) is 0 Å². The van der Waals surface area contributed by atoms with Crippen LogP contribution in [0.2, 0.25) is 0 Å². The molecular weight excluding hydrogens is 262 g/mol. The quantitative estimate of drug-likeness (QED) is 0.848. The highest BCUT2D eigenvalue weighted by Crippen LogP contribution is 2.41. The molecule has 0 atom stereocenters. The number of nitrogens with one attached hydrogen (secondary N) is 1. The Morgan fingerprint density at radius 1 is 1.14 bits per heavy atom. The van der Waals surface area contributed by atoms with E-state index in [4.69, 9.17) is 4.74 Å². The number of hydrogen-bond donors (Lipinski definition) is 2. The summed E-state index contributed by atoms with van der Waals surface area (Å²) in [5.41, 5.74) is 4.40.